The number of carbonyl (C=O) groups is 1. The van der Waals surface area contributed by atoms with Gasteiger partial charge in [0.25, 0.3) is 0 Å². The Morgan fingerprint density at radius 3 is 2.16 bits per heavy atom. The Kier molecular flexibility index (Phi) is 10.6. The summed E-state index contributed by atoms with van der Waals surface area (Å²) < 4.78 is 11.6. The van der Waals surface area contributed by atoms with Crippen LogP contribution in [0.2, 0.25) is 0 Å². The number of ether oxygens (including phenoxy) is 2. The monoisotopic (exact) mass is 354 g/mol. The van der Waals surface area contributed by atoms with Crippen molar-refractivity contribution in [2.24, 2.45) is 17.3 Å². The summed E-state index contributed by atoms with van der Waals surface area (Å²) >= 11 is 0. The van der Waals surface area contributed by atoms with Gasteiger partial charge in [-0.1, -0.05) is 41.5 Å². The maximum absolute atomic E-state index is 12.1. The fourth-order valence-electron chi connectivity index (χ4n) is 3.72. The van der Waals surface area contributed by atoms with Gasteiger partial charge in [-0.2, -0.15) is 9.59 Å². The van der Waals surface area contributed by atoms with E-state index in [9.17, 15) is 4.79 Å². The van der Waals surface area contributed by atoms with Gasteiger partial charge in [0, 0.05) is 5.57 Å². The molecule has 1 aliphatic carbocycles. The molecule has 1 aliphatic rings. The molecule has 0 unspecified atom stereocenters. The molecule has 0 saturated carbocycles. The van der Waals surface area contributed by atoms with Gasteiger partial charge in [-0.3, -0.25) is 0 Å². The van der Waals surface area contributed by atoms with Crippen molar-refractivity contribution in [2.45, 2.75) is 79.9 Å². The Labute approximate surface area is 152 Å². The third kappa shape index (κ3) is 7.54. The van der Waals surface area contributed by atoms with E-state index in [-0.39, 0.29) is 29.7 Å². The number of esters is 1. The van der Waals surface area contributed by atoms with E-state index in [0.717, 1.165) is 24.8 Å². The van der Waals surface area contributed by atoms with Crippen molar-refractivity contribution in [3.63, 3.8) is 0 Å². The third-order valence-electron chi connectivity index (χ3n) is 4.67. The summed E-state index contributed by atoms with van der Waals surface area (Å²) in [5, 5.41) is 0. The lowest BCUT2D eigenvalue weighted by atomic mass is 9.66. The molecule has 0 N–H and O–H groups in total. The van der Waals surface area contributed by atoms with Crippen molar-refractivity contribution in [3.8, 4) is 0 Å². The van der Waals surface area contributed by atoms with Crippen LogP contribution in [0, 0.1) is 17.3 Å². The van der Waals surface area contributed by atoms with Crippen LogP contribution in [0.1, 0.15) is 67.7 Å². The molecular weight excluding hydrogens is 320 g/mol. The molecule has 0 aromatic heterocycles. The zero-order valence-electron chi connectivity index (χ0n) is 16.8. The maximum atomic E-state index is 12.1. The Bertz CT molecular complexity index is 465. The van der Waals surface area contributed by atoms with Gasteiger partial charge in [-0.05, 0) is 49.5 Å². The van der Waals surface area contributed by atoms with E-state index >= 15 is 0 Å². The second-order valence-corrected chi connectivity index (χ2v) is 7.61. The van der Waals surface area contributed by atoms with Crippen molar-refractivity contribution >= 4 is 12.1 Å². The Hall–Kier alpha value is -1.45. The van der Waals surface area contributed by atoms with Crippen molar-refractivity contribution in [2.75, 3.05) is 6.61 Å². The molecule has 0 saturated heterocycles. The normalized spacial score (nSPS) is 23.2. The third-order valence-corrected chi connectivity index (χ3v) is 4.67. The van der Waals surface area contributed by atoms with Gasteiger partial charge in [0.1, 0.15) is 0 Å². The van der Waals surface area contributed by atoms with Gasteiger partial charge < -0.3 is 9.47 Å². The molecular formula is C20H34O5. The first-order chi connectivity index (χ1) is 11.7. The minimum Gasteiger partial charge on any atom is -0.463 e. The van der Waals surface area contributed by atoms with Crippen LogP contribution in [0.4, 0.5) is 0 Å². The molecule has 1 rings (SSSR count). The Balaban J connectivity index is 0.00000178. The summed E-state index contributed by atoms with van der Waals surface area (Å²) in [6.07, 6.45) is 5.31. The van der Waals surface area contributed by atoms with Crippen LogP contribution >= 0.6 is 0 Å². The topological polar surface area (TPSA) is 69.7 Å². The lowest BCUT2D eigenvalue weighted by molar-refractivity contribution is -0.191. The molecule has 0 aromatic carbocycles. The SMILES string of the molecule is CCOC(=O)C1=C[C@@H](OC(CC)CC)[C@H](C(C)(C)C)[C@@H](C)C1.O=C=O. The van der Waals surface area contributed by atoms with E-state index in [4.69, 9.17) is 19.1 Å². The van der Waals surface area contributed by atoms with Gasteiger partial charge in [0.2, 0.25) is 0 Å². The van der Waals surface area contributed by atoms with Crippen LogP contribution in [-0.2, 0) is 23.9 Å². The summed E-state index contributed by atoms with van der Waals surface area (Å²) in [4.78, 5) is 28.4. The van der Waals surface area contributed by atoms with E-state index in [1.165, 1.54) is 0 Å². The van der Waals surface area contributed by atoms with E-state index in [2.05, 4.69) is 41.5 Å². The molecule has 0 heterocycles. The molecule has 0 aliphatic heterocycles. The molecule has 0 spiro atoms. The average molecular weight is 354 g/mol. The minimum atomic E-state index is -0.181. The van der Waals surface area contributed by atoms with E-state index in [1.807, 2.05) is 13.0 Å². The fraction of sp³-hybridized carbons (Fsp3) is 0.800. The molecule has 0 radical (unpaired) electrons. The van der Waals surface area contributed by atoms with E-state index in [0.29, 0.717) is 18.4 Å². The highest BCUT2D eigenvalue weighted by Crippen LogP contribution is 2.43. The smallest absolute Gasteiger partial charge is 0.373 e. The van der Waals surface area contributed by atoms with Crippen molar-refractivity contribution in [1.29, 1.82) is 0 Å². The summed E-state index contributed by atoms with van der Waals surface area (Å²) in [7, 11) is 0. The second-order valence-electron chi connectivity index (χ2n) is 7.61. The molecule has 5 heteroatoms. The Morgan fingerprint density at radius 1 is 1.24 bits per heavy atom. The standard InChI is InChI=1S/C19H34O3.CO2/c1-8-15(9-2)22-16-12-14(18(20)21-10-3)11-13(4)17(16)19(5,6)7;2-1-3/h12-13,15-17H,8-11H2,1-7H3;/t13-,16+,17+;/m0./s1. The predicted molar refractivity (Wildman–Crippen MR) is 95.7 cm³/mol. The highest BCUT2D eigenvalue weighted by Gasteiger charge is 2.41. The lowest BCUT2D eigenvalue weighted by Crippen LogP contribution is -2.42. The first kappa shape index (κ1) is 23.5. The van der Waals surface area contributed by atoms with Gasteiger partial charge in [0.15, 0.2) is 0 Å². The van der Waals surface area contributed by atoms with Crippen molar-refractivity contribution in [1.82, 2.24) is 0 Å². The predicted octanol–water partition coefficient (Wildman–Crippen LogP) is 4.17. The zero-order valence-corrected chi connectivity index (χ0v) is 16.8. The number of carbonyl (C=O) groups excluding carboxylic acids is 3. The quantitative estimate of drug-likeness (QED) is 0.670. The summed E-state index contributed by atoms with van der Waals surface area (Å²) in [6.45, 7) is 15.6. The molecule has 25 heavy (non-hydrogen) atoms. The van der Waals surface area contributed by atoms with E-state index in [1.54, 1.807) is 0 Å². The maximum Gasteiger partial charge on any atom is 0.373 e. The summed E-state index contributed by atoms with van der Waals surface area (Å²) in [6, 6.07) is 0. The number of hydrogen-bond acceptors (Lipinski definition) is 5. The molecule has 0 bridgehead atoms. The van der Waals surface area contributed by atoms with Crippen LogP contribution in [-0.4, -0.2) is 30.9 Å². The molecule has 0 aromatic rings. The molecule has 0 fully saturated rings. The van der Waals surface area contributed by atoms with Gasteiger partial charge >= 0.3 is 12.1 Å². The first-order valence-corrected chi connectivity index (χ1v) is 9.18. The molecule has 0 amide bonds. The Morgan fingerprint density at radius 2 is 1.76 bits per heavy atom. The second kappa shape index (κ2) is 11.2. The average Bonchev–Trinajstić information content (AvgIpc) is 2.51. The van der Waals surface area contributed by atoms with Gasteiger partial charge in [-0.15, -0.1) is 0 Å². The fourth-order valence-corrected chi connectivity index (χ4v) is 3.72. The summed E-state index contributed by atoms with van der Waals surface area (Å²) in [5.74, 6) is 0.634. The first-order valence-electron chi connectivity index (χ1n) is 9.18. The van der Waals surface area contributed by atoms with Crippen LogP contribution in [0.5, 0.6) is 0 Å². The summed E-state index contributed by atoms with van der Waals surface area (Å²) in [5.41, 5.74) is 0.929. The molecule has 5 nitrogen and oxygen atoms in total. The lowest BCUT2D eigenvalue weighted by Gasteiger charge is -2.44. The van der Waals surface area contributed by atoms with Crippen molar-refractivity contribution < 1.29 is 23.9 Å². The largest absolute Gasteiger partial charge is 0.463 e. The van der Waals surface area contributed by atoms with Gasteiger partial charge in [0.05, 0.1) is 18.8 Å². The van der Waals surface area contributed by atoms with Crippen LogP contribution in [0.15, 0.2) is 11.6 Å². The molecule has 144 valence electrons. The minimum absolute atomic E-state index is 0.00643. The highest BCUT2D eigenvalue weighted by molar-refractivity contribution is 5.88. The van der Waals surface area contributed by atoms with Crippen LogP contribution in [0.3, 0.4) is 0 Å². The number of hydrogen-bond donors (Lipinski definition) is 0. The van der Waals surface area contributed by atoms with Gasteiger partial charge in [-0.25, -0.2) is 4.79 Å². The highest BCUT2D eigenvalue weighted by atomic mass is 16.5. The van der Waals surface area contributed by atoms with E-state index < -0.39 is 0 Å². The van der Waals surface area contributed by atoms with Crippen LogP contribution < -0.4 is 0 Å². The van der Waals surface area contributed by atoms with Crippen molar-refractivity contribution in [3.05, 3.63) is 11.6 Å². The zero-order chi connectivity index (χ0) is 19.6. The van der Waals surface area contributed by atoms with Crippen LogP contribution in [0.25, 0.3) is 0 Å². The number of rotatable bonds is 6. The molecule has 3 atom stereocenters.